The fraction of sp³-hybridized carbons (Fsp3) is 0.357. The quantitative estimate of drug-likeness (QED) is 0.418. The maximum absolute atomic E-state index is 6.19. The molecule has 4 heteroatoms. The molecule has 1 aliphatic carbocycles. The van der Waals surface area contributed by atoms with Crippen LogP contribution in [-0.4, -0.2) is 20.8 Å². The van der Waals surface area contributed by atoms with Crippen LogP contribution in [0, 0.1) is 12.8 Å². The highest BCUT2D eigenvalue weighted by Gasteiger charge is 2.18. The van der Waals surface area contributed by atoms with Gasteiger partial charge in [-0.1, -0.05) is 55.0 Å². The minimum Gasteiger partial charge on any atom is -0.496 e. The van der Waals surface area contributed by atoms with Crippen LogP contribution in [0.25, 0.3) is 11.1 Å². The molecule has 3 aromatic rings. The number of hydrogen-bond donors (Lipinski definition) is 1. The van der Waals surface area contributed by atoms with E-state index in [0.29, 0.717) is 6.61 Å². The van der Waals surface area contributed by atoms with E-state index in [-0.39, 0.29) is 0 Å². The number of nitrogens with one attached hydrogen (secondary N) is 1. The second-order valence-corrected chi connectivity index (χ2v) is 8.48. The largest absolute Gasteiger partial charge is 0.496 e. The van der Waals surface area contributed by atoms with Crippen LogP contribution in [-0.2, 0) is 13.2 Å². The molecule has 0 spiro atoms. The highest BCUT2D eigenvalue weighted by atomic mass is 16.5. The molecule has 32 heavy (non-hydrogen) atoms. The highest BCUT2D eigenvalue weighted by Crippen LogP contribution is 2.35. The fourth-order valence-electron chi connectivity index (χ4n) is 4.25. The summed E-state index contributed by atoms with van der Waals surface area (Å²) in [5, 5.41) is 3.56. The van der Waals surface area contributed by atoms with Gasteiger partial charge >= 0.3 is 0 Å². The predicted molar refractivity (Wildman–Crippen MR) is 130 cm³/mol. The SMILES string of the molecule is COc1cc(OCc2cccc(-c3ccccc3)c2C)cc(OC)c1CNCC1CCC1. The Morgan fingerprint density at radius 2 is 1.62 bits per heavy atom. The molecule has 0 saturated heterocycles. The van der Waals surface area contributed by atoms with Crippen LogP contribution in [0.1, 0.15) is 36.0 Å². The molecule has 1 N–H and O–H groups in total. The second kappa shape index (κ2) is 10.6. The van der Waals surface area contributed by atoms with Crippen molar-refractivity contribution in [2.75, 3.05) is 20.8 Å². The molecule has 0 bridgehead atoms. The number of hydrogen-bond acceptors (Lipinski definition) is 4. The van der Waals surface area contributed by atoms with Crippen molar-refractivity contribution in [2.45, 2.75) is 39.3 Å². The Labute approximate surface area is 191 Å². The second-order valence-electron chi connectivity index (χ2n) is 8.48. The Morgan fingerprint density at radius 1 is 0.906 bits per heavy atom. The maximum Gasteiger partial charge on any atom is 0.130 e. The van der Waals surface area contributed by atoms with E-state index in [1.54, 1.807) is 14.2 Å². The van der Waals surface area contributed by atoms with Crippen molar-refractivity contribution in [3.05, 3.63) is 77.4 Å². The number of ether oxygens (including phenoxy) is 3. The minimum atomic E-state index is 0.484. The van der Waals surface area contributed by atoms with Crippen molar-refractivity contribution < 1.29 is 14.2 Å². The zero-order valence-electron chi connectivity index (χ0n) is 19.3. The number of benzene rings is 3. The standard InChI is InChI=1S/C28H33NO3/c1-20-23(13-8-14-25(20)22-11-5-4-6-12-22)19-32-24-15-27(30-2)26(28(16-24)31-3)18-29-17-21-9-7-10-21/h4-6,8,11-16,21,29H,7,9-10,17-19H2,1-3H3. The minimum absolute atomic E-state index is 0.484. The van der Waals surface area contributed by atoms with Gasteiger partial charge in [-0.2, -0.15) is 0 Å². The first-order chi connectivity index (χ1) is 15.7. The van der Waals surface area contributed by atoms with Crippen molar-refractivity contribution in [2.24, 2.45) is 5.92 Å². The van der Waals surface area contributed by atoms with E-state index in [9.17, 15) is 0 Å². The van der Waals surface area contributed by atoms with Crippen molar-refractivity contribution in [3.63, 3.8) is 0 Å². The van der Waals surface area contributed by atoms with Gasteiger partial charge in [-0.25, -0.2) is 0 Å². The van der Waals surface area contributed by atoms with Crippen molar-refractivity contribution >= 4 is 0 Å². The summed E-state index contributed by atoms with van der Waals surface area (Å²) in [4.78, 5) is 0. The van der Waals surface area contributed by atoms with Gasteiger partial charge in [0.05, 0.1) is 19.8 Å². The number of rotatable bonds is 10. The molecule has 0 unspecified atom stereocenters. The van der Waals surface area contributed by atoms with E-state index >= 15 is 0 Å². The van der Waals surface area contributed by atoms with Gasteiger partial charge in [0.1, 0.15) is 23.9 Å². The molecular formula is C28H33NO3. The topological polar surface area (TPSA) is 39.7 Å². The molecule has 0 atom stereocenters. The van der Waals surface area contributed by atoms with Crippen LogP contribution in [0.5, 0.6) is 17.2 Å². The summed E-state index contributed by atoms with van der Waals surface area (Å²) in [6.45, 7) is 4.40. The van der Waals surface area contributed by atoms with Gasteiger partial charge in [0.25, 0.3) is 0 Å². The third-order valence-electron chi connectivity index (χ3n) is 6.47. The van der Waals surface area contributed by atoms with Crippen molar-refractivity contribution in [1.29, 1.82) is 0 Å². The monoisotopic (exact) mass is 431 g/mol. The lowest BCUT2D eigenvalue weighted by molar-refractivity contribution is 0.294. The van der Waals surface area contributed by atoms with Gasteiger partial charge in [0, 0.05) is 18.7 Å². The molecule has 4 rings (SSSR count). The van der Waals surface area contributed by atoms with Crippen molar-refractivity contribution in [1.82, 2.24) is 5.32 Å². The lowest BCUT2D eigenvalue weighted by Gasteiger charge is -2.26. The Kier molecular flexibility index (Phi) is 7.33. The summed E-state index contributed by atoms with van der Waals surface area (Å²) in [6, 6.07) is 20.7. The van der Waals surface area contributed by atoms with E-state index < -0.39 is 0 Å². The Balaban J connectivity index is 1.48. The third kappa shape index (κ3) is 5.08. The molecule has 1 saturated carbocycles. The summed E-state index contributed by atoms with van der Waals surface area (Å²) in [5.74, 6) is 3.13. The van der Waals surface area contributed by atoms with E-state index in [1.807, 2.05) is 18.2 Å². The first kappa shape index (κ1) is 22.2. The Morgan fingerprint density at radius 3 is 2.25 bits per heavy atom. The van der Waals surface area contributed by atoms with Crippen LogP contribution in [0.15, 0.2) is 60.7 Å². The molecular weight excluding hydrogens is 398 g/mol. The first-order valence-electron chi connectivity index (χ1n) is 11.4. The predicted octanol–water partition coefficient (Wildman–Crippen LogP) is 6.15. The molecule has 0 heterocycles. The zero-order chi connectivity index (χ0) is 22.3. The molecule has 168 valence electrons. The summed E-state index contributed by atoms with van der Waals surface area (Å²) < 4.78 is 17.6. The average molecular weight is 432 g/mol. The molecule has 0 amide bonds. The van der Waals surface area contributed by atoms with Gasteiger partial charge in [-0.05, 0) is 54.5 Å². The smallest absolute Gasteiger partial charge is 0.130 e. The highest BCUT2D eigenvalue weighted by molar-refractivity contribution is 5.68. The lowest BCUT2D eigenvalue weighted by Crippen LogP contribution is -2.27. The first-order valence-corrected chi connectivity index (χ1v) is 11.4. The molecule has 1 fully saturated rings. The molecule has 0 aromatic heterocycles. The molecule has 4 nitrogen and oxygen atoms in total. The van der Waals surface area contributed by atoms with Crippen LogP contribution in [0.4, 0.5) is 0 Å². The Hall–Kier alpha value is -2.98. The van der Waals surface area contributed by atoms with E-state index in [4.69, 9.17) is 14.2 Å². The van der Waals surface area contributed by atoms with E-state index in [0.717, 1.165) is 47.4 Å². The average Bonchev–Trinajstić information content (AvgIpc) is 2.80. The van der Waals surface area contributed by atoms with Gasteiger partial charge in [0.2, 0.25) is 0 Å². The van der Waals surface area contributed by atoms with Crippen molar-refractivity contribution in [3.8, 4) is 28.4 Å². The molecule has 0 radical (unpaired) electrons. The molecule has 0 aliphatic heterocycles. The van der Waals surface area contributed by atoms with Crippen LogP contribution in [0.3, 0.4) is 0 Å². The summed E-state index contributed by atoms with van der Waals surface area (Å²) in [6.07, 6.45) is 4.02. The van der Waals surface area contributed by atoms with E-state index in [1.165, 1.54) is 36.0 Å². The molecule has 1 aliphatic rings. The Bertz CT molecular complexity index is 1000. The third-order valence-corrected chi connectivity index (χ3v) is 6.47. The van der Waals surface area contributed by atoms with Crippen LogP contribution >= 0.6 is 0 Å². The van der Waals surface area contributed by atoms with Gasteiger partial charge in [0.15, 0.2) is 0 Å². The van der Waals surface area contributed by atoms with Gasteiger partial charge < -0.3 is 19.5 Å². The summed E-state index contributed by atoms with van der Waals surface area (Å²) in [5.41, 5.74) is 5.87. The fourth-order valence-corrected chi connectivity index (χ4v) is 4.25. The normalized spacial score (nSPS) is 13.5. The maximum atomic E-state index is 6.19. The molecule has 3 aromatic carbocycles. The lowest BCUT2D eigenvalue weighted by atomic mass is 9.85. The summed E-state index contributed by atoms with van der Waals surface area (Å²) in [7, 11) is 3.39. The van der Waals surface area contributed by atoms with Crippen LogP contribution in [0.2, 0.25) is 0 Å². The van der Waals surface area contributed by atoms with Gasteiger partial charge in [-0.15, -0.1) is 0 Å². The van der Waals surface area contributed by atoms with Crippen LogP contribution < -0.4 is 19.5 Å². The van der Waals surface area contributed by atoms with Gasteiger partial charge in [-0.3, -0.25) is 0 Å². The zero-order valence-corrected chi connectivity index (χ0v) is 19.3. The van der Waals surface area contributed by atoms with E-state index in [2.05, 4.69) is 54.7 Å². The number of methoxy groups -OCH3 is 2. The summed E-state index contributed by atoms with van der Waals surface area (Å²) >= 11 is 0.